The van der Waals surface area contributed by atoms with E-state index in [1.165, 1.54) is 0 Å². The smallest absolute Gasteiger partial charge is 0.193 e. The molecule has 1 fully saturated rings. The van der Waals surface area contributed by atoms with E-state index in [9.17, 15) is 0 Å². The Hall–Kier alpha value is -0.940. The summed E-state index contributed by atoms with van der Waals surface area (Å²) in [6.45, 7) is 0. The number of rotatable bonds is 1. The van der Waals surface area contributed by atoms with Gasteiger partial charge in [-0.15, -0.1) is 0 Å². The van der Waals surface area contributed by atoms with E-state index in [1.807, 2.05) is 0 Å². The number of nitrogens with zero attached hydrogens (tertiary/aromatic N) is 1. The highest BCUT2D eigenvalue weighted by Gasteiger charge is 2.41. The van der Waals surface area contributed by atoms with Crippen LogP contribution < -0.4 is 0 Å². The topological polar surface area (TPSA) is 36.9 Å². The lowest BCUT2D eigenvalue weighted by Crippen LogP contribution is -2.31. The third-order valence-electron chi connectivity index (χ3n) is 2.47. The lowest BCUT2D eigenvalue weighted by atomic mass is 9.68. The molecule has 2 rings (SSSR count). The number of hydrogen-bond acceptors (Lipinski definition) is 2. The Kier molecular flexibility index (Phi) is 1.62. The molecule has 0 unspecified atom stereocenters. The van der Waals surface area contributed by atoms with Crippen LogP contribution in [0.3, 0.4) is 0 Å². The normalized spacial score (nSPS) is 19.7. The van der Waals surface area contributed by atoms with Crippen LogP contribution >= 0.6 is 11.6 Å². The molecule has 1 aromatic rings. The van der Waals surface area contributed by atoms with Gasteiger partial charge in [0.1, 0.15) is 11.2 Å². The summed E-state index contributed by atoms with van der Waals surface area (Å²) >= 11 is 5.63. The first-order chi connectivity index (χ1) is 5.77. The molecule has 2 nitrogen and oxygen atoms in total. The predicted octanol–water partition coefficient (Wildman–Crippen LogP) is 2.88. The van der Waals surface area contributed by atoms with Gasteiger partial charge in [-0.1, -0.05) is 0 Å². The van der Waals surface area contributed by atoms with Crippen molar-refractivity contribution in [1.29, 1.82) is 5.26 Å². The first-order valence-corrected chi connectivity index (χ1v) is 4.32. The molecule has 0 spiro atoms. The van der Waals surface area contributed by atoms with Gasteiger partial charge < -0.3 is 4.42 Å². The molecule has 1 heterocycles. The van der Waals surface area contributed by atoms with Crippen LogP contribution in [-0.2, 0) is 5.41 Å². The molecule has 12 heavy (non-hydrogen) atoms. The average molecular weight is 182 g/mol. The fourth-order valence-electron chi connectivity index (χ4n) is 1.52. The maximum absolute atomic E-state index is 8.95. The summed E-state index contributed by atoms with van der Waals surface area (Å²) in [6.07, 6.45) is 2.90. The zero-order chi connectivity index (χ0) is 8.60. The van der Waals surface area contributed by atoms with Crippen LogP contribution in [0.4, 0.5) is 0 Å². The van der Waals surface area contributed by atoms with E-state index in [0.29, 0.717) is 5.22 Å². The Balaban J connectivity index is 2.35. The highest BCUT2D eigenvalue weighted by molar-refractivity contribution is 6.28. The minimum absolute atomic E-state index is 0.367. The van der Waals surface area contributed by atoms with Crippen molar-refractivity contribution in [2.75, 3.05) is 0 Å². The van der Waals surface area contributed by atoms with Crippen molar-refractivity contribution in [2.45, 2.75) is 24.7 Å². The van der Waals surface area contributed by atoms with E-state index in [-0.39, 0.29) is 5.41 Å². The molecule has 3 heteroatoms. The molecule has 0 saturated heterocycles. The van der Waals surface area contributed by atoms with E-state index in [0.717, 1.165) is 25.0 Å². The summed E-state index contributed by atoms with van der Waals surface area (Å²) in [6, 6.07) is 5.78. The van der Waals surface area contributed by atoms with Gasteiger partial charge in [-0.2, -0.15) is 5.26 Å². The number of nitriles is 1. The Labute approximate surface area is 75.7 Å². The summed E-state index contributed by atoms with van der Waals surface area (Å²) < 4.78 is 5.22. The highest BCUT2D eigenvalue weighted by atomic mass is 35.5. The lowest BCUT2D eigenvalue weighted by molar-refractivity contribution is 0.268. The summed E-state index contributed by atoms with van der Waals surface area (Å²) in [5.41, 5.74) is -0.368. The molecule has 62 valence electrons. The first-order valence-electron chi connectivity index (χ1n) is 3.94. The van der Waals surface area contributed by atoms with Crippen molar-refractivity contribution in [3.8, 4) is 6.07 Å². The van der Waals surface area contributed by atoms with Gasteiger partial charge in [-0.05, 0) is 43.0 Å². The molecule has 0 bridgehead atoms. The SMILES string of the molecule is N#CC1(c2ccc(Cl)o2)CCC1. The van der Waals surface area contributed by atoms with Gasteiger partial charge in [0.15, 0.2) is 5.22 Å². The van der Waals surface area contributed by atoms with E-state index in [2.05, 4.69) is 6.07 Å². The molecule has 1 aliphatic rings. The van der Waals surface area contributed by atoms with E-state index < -0.39 is 0 Å². The van der Waals surface area contributed by atoms with Crippen molar-refractivity contribution in [3.05, 3.63) is 23.1 Å². The van der Waals surface area contributed by atoms with Crippen LogP contribution in [-0.4, -0.2) is 0 Å². The van der Waals surface area contributed by atoms with Gasteiger partial charge in [-0.3, -0.25) is 0 Å². The van der Waals surface area contributed by atoms with Crippen LogP contribution in [0, 0.1) is 11.3 Å². The van der Waals surface area contributed by atoms with Crippen molar-refractivity contribution in [3.63, 3.8) is 0 Å². The quantitative estimate of drug-likeness (QED) is 0.668. The van der Waals surface area contributed by atoms with E-state index >= 15 is 0 Å². The summed E-state index contributed by atoms with van der Waals surface area (Å²) in [5, 5.41) is 9.31. The van der Waals surface area contributed by atoms with Gasteiger partial charge in [0.25, 0.3) is 0 Å². The Bertz CT molecular complexity index is 333. The van der Waals surface area contributed by atoms with E-state index in [1.54, 1.807) is 12.1 Å². The monoisotopic (exact) mass is 181 g/mol. The largest absolute Gasteiger partial charge is 0.448 e. The maximum Gasteiger partial charge on any atom is 0.193 e. The second-order valence-corrected chi connectivity index (χ2v) is 3.52. The molecule has 0 atom stereocenters. The molecule has 0 aromatic carbocycles. The zero-order valence-corrected chi connectivity index (χ0v) is 7.27. The van der Waals surface area contributed by atoms with Crippen LogP contribution in [0.1, 0.15) is 25.0 Å². The second-order valence-electron chi connectivity index (χ2n) is 3.15. The van der Waals surface area contributed by atoms with Crippen molar-refractivity contribution >= 4 is 11.6 Å². The Morgan fingerprint density at radius 2 is 2.25 bits per heavy atom. The Morgan fingerprint density at radius 1 is 1.50 bits per heavy atom. The van der Waals surface area contributed by atoms with Crippen LogP contribution in [0.25, 0.3) is 0 Å². The lowest BCUT2D eigenvalue weighted by Gasteiger charge is -2.32. The third kappa shape index (κ3) is 0.937. The zero-order valence-electron chi connectivity index (χ0n) is 6.51. The van der Waals surface area contributed by atoms with Gasteiger partial charge >= 0.3 is 0 Å². The third-order valence-corrected chi connectivity index (χ3v) is 2.67. The van der Waals surface area contributed by atoms with E-state index in [4.69, 9.17) is 21.3 Å². The highest BCUT2D eigenvalue weighted by Crippen LogP contribution is 2.44. The molecule has 0 radical (unpaired) electrons. The predicted molar refractivity (Wildman–Crippen MR) is 44.9 cm³/mol. The summed E-state index contributed by atoms with van der Waals surface area (Å²) in [7, 11) is 0. The summed E-state index contributed by atoms with van der Waals surface area (Å²) in [4.78, 5) is 0. The van der Waals surface area contributed by atoms with Crippen LogP contribution in [0.2, 0.25) is 5.22 Å². The molecule has 1 saturated carbocycles. The molecular weight excluding hydrogens is 174 g/mol. The minimum Gasteiger partial charge on any atom is -0.448 e. The first kappa shape index (κ1) is 7.70. The minimum atomic E-state index is -0.368. The van der Waals surface area contributed by atoms with Gasteiger partial charge in [0.2, 0.25) is 0 Å². The average Bonchev–Trinajstić information content (AvgIpc) is 2.35. The van der Waals surface area contributed by atoms with Crippen LogP contribution in [0.15, 0.2) is 16.5 Å². The van der Waals surface area contributed by atoms with Crippen molar-refractivity contribution < 1.29 is 4.42 Å². The molecule has 0 N–H and O–H groups in total. The maximum atomic E-state index is 8.95. The van der Waals surface area contributed by atoms with Crippen molar-refractivity contribution in [1.82, 2.24) is 0 Å². The number of furan rings is 1. The van der Waals surface area contributed by atoms with Gasteiger partial charge in [-0.25, -0.2) is 0 Å². The molecule has 1 aromatic heterocycles. The molecule has 1 aliphatic carbocycles. The number of halogens is 1. The van der Waals surface area contributed by atoms with Gasteiger partial charge in [0, 0.05) is 0 Å². The standard InChI is InChI=1S/C9H8ClNO/c10-8-3-2-7(12-8)9(6-11)4-1-5-9/h2-3H,1,4-5H2. The fraction of sp³-hybridized carbons (Fsp3) is 0.444. The number of hydrogen-bond donors (Lipinski definition) is 0. The van der Waals surface area contributed by atoms with Crippen molar-refractivity contribution in [2.24, 2.45) is 0 Å². The van der Waals surface area contributed by atoms with Crippen LogP contribution in [0.5, 0.6) is 0 Å². The second kappa shape index (κ2) is 2.53. The molecule has 0 aliphatic heterocycles. The molecule has 0 amide bonds. The summed E-state index contributed by atoms with van der Waals surface area (Å²) in [5.74, 6) is 0.723. The molecular formula is C9H8ClNO. The Morgan fingerprint density at radius 3 is 2.58 bits per heavy atom. The van der Waals surface area contributed by atoms with Gasteiger partial charge in [0.05, 0.1) is 6.07 Å². The fourth-order valence-corrected chi connectivity index (χ4v) is 1.66.